The molecule has 0 unspecified atom stereocenters. The van der Waals surface area contributed by atoms with Crippen molar-refractivity contribution in [2.24, 2.45) is 17.6 Å². The van der Waals surface area contributed by atoms with Crippen LogP contribution in [0.1, 0.15) is 19.3 Å². The van der Waals surface area contributed by atoms with E-state index >= 15 is 0 Å². The summed E-state index contributed by atoms with van der Waals surface area (Å²) in [4.78, 5) is 16.8. The molecule has 2 atom stereocenters. The van der Waals surface area contributed by atoms with Crippen molar-refractivity contribution in [2.45, 2.75) is 19.3 Å². The van der Waals surface area contributed by atoms with Crippen molar-refractivity contribution < 1.29 is 4.79 Å². The third kappa shape index (κ3) is 3.32. The Balaban J connectivity index is 1.70. The lowest BCUT2D eigenvalue weighted by Gasteiger charge is -2.16. The molecule has 0 saturated heterocycles. The predicted octanol–water partition coefficient (Wildman–Crippen LogP) is 3.78. The summed E-state index contributed by atoms with van der Waals surface area (Å²) in [6.45, 7) is 0.573. The Kier molecular flexibility index (Phi) is 4.76. The van der Waals surface area contributed by atoms with Crippen molar-refractivity contribution in [1.29, 1.82) is 0 Å². The number of halogens is 1. The molecule has 6 heteroatoms. The summed E-state index contributed by atoms with van der Waals surface area (Å²) in [7, 11) is 0. The van der Waals surface area contributed by atoms with Crippen molar-refractivity contribution in [2.75, 3.05) is 11.9 Å². The summed E-state index contributed by atoms with van der Waals surface area (Å²) in [5, 5.41) is 6.16. The highest BCUT2D eigenvalue weighted by Gasteiger charge is 2.32. The van der Waals surface area contributed by atoms with Crippen molar-refractivity contribution >= 4 is 34.0 Å². The number of thiazole rings is 1. The van der Waals surface area contributed by atoms with Gasteiger partial charge in [-0.15, -0.1) is 11.3 Å². The van der Waals surface area contributed by atoms with Crippen molar-refractivity contribution in [3.8, 4) is 11.3 Å². The van der Waals surface area contributed by atoms with Gasteiger partial charge in [-0.05, 0) is 37.4 Å². The van der Waals surface area contributed by atoms with E-state index in [-0.39, 0.29) is 11.8 Å². The molecule has 0 aliphatic heterocycles. The Bertz CT molecular complexity index is 673. The molecule has 1 aromatic carbocycles. The van der Waals surface area contributed by atoms with E-state index in [0.29, 0.717) is 22.6 Å². The standard InChI is InChI=1S/C16H18ClN3OS/c17-12-5-1-3-10(7-12)14-9-22-16(19-14)20-15(21)13-6-2-4-11(13)8-18/h1,3,5,7,9,11,13H,2,4,6,8,18H2,(H,19,20,21)/t11-,13-/m1/s1. The molecule has 22 heavy (non-hydrogen) atoms. The first kappa shape index (κ1) is 15.5. The molecule has 0 radical (unpaired) electrons. The van der Waals surface area contributed by atoms with Crippen LogP contribution in [0.3, 0.4) is 0 Å². The lowest BCUT2D eigenvalue weighted by molar-refractivity contribution is -0.120. The minimum Gasteiger partial charge on any atom is -0.330 e. The van der Waals surface area contributed by atoms with E-state index in [1.54, 1.807) is 0 Å². The molecule has 1 aliphatic rings. The summed E-state index contributed by atoms with van der Waals surface area (Å²) in [5.41, 5.74) is 7.52. The second-order valence-electron chi connectivity index (χ2n) is 5.57. The Morgan fingerprint density at radius 3 is 3.09 bits per heavy atom. The van der Waals surface area contributed by atoms with Crippen LogP contribution in [0.15, 0.2) is 29.6 Å². The largest absolute Gasteiger partial charge is 0.330 e. The van der Waals surface area contributed by atoms with E-state index in [0.717, 1.165) is 30.5 Å². The van der Waals surface area contributed by atoms with E-state index in [1.165, 1.54) is 11.3 Å². The van der Waals surface area contributed by atoms with Crippen LogP contribution in [0.25, 0.3) is 11.3 Å². The van der Waals surface area contributed by atoms with Crippen molar-refractivity contribution in [3.63, 3.8) is 0 Å². The molecule has 0 bridgehead atoms. The van der Waals surface area contributed by atoms with Crippen LogP contribution in [0, 0.1) is 11.8 Å². The smallest absolute Gasteiger partial charge is 0.229 e. The molecular formula is C16H18ClN3OS. The molecule has 1 aromatic heterocycles. The number of carbonyl (C=O) groups is 1. The van der Waals surface area contributed by atoms with Gasteiger partial charge >= 0.3 is 0 Å². The zero-order valence-electron chi connectivity index (χ0n) is 12.1. The molecule has 1 aliphatic carbocycles. The lowest BCUT2D eigenvalue weighted by Crippen LogP contribution is -2.29. The van der Waals surface area contributed by atoms with Crippen molar-refractivity contribution in [3.05, 3.63) is 34.7 Å². The van der Waals surface area contributed by atoms with Crippen LogP contribution in [0.4, 0.5) is 5.13 Å². The fourth-order valence-electron chi connectivity index (χ4n) is 2.97. The minimum absolute atomic E-state index is 0.0171. The van der Waals surface area contributed by atoms with E-state index < -0.39 is 0 Å². The minimum atomic E-state index is 0.0171. The van der Waals surface area contributed by atoms with Crippen LogP contribution in [0.2, 0.25) is 5.02 Å². The average molecular weight is 336 g/mol. The fourth-order valence-corrected chi connectivity index (χ4v) is 3.89. The second-order valence-corrected chi connectivity index (χ2v) is 6.87. The van der Waals surface area contributed by atoms with Crippen LogP contribution in [0.5, 0.6) is 0 Å². The summed E-state index contributed by atoms with van der Waals surface area (Å²) in [6, 6.07) is 7.53. The Morgan fingerprint density at radius 2 is 2.32 bits per heavy atom. The summed E-state index contributed by atoms with van der Waals surface area (Å²) in [5.74, 6) is 0.357. The fraction of sp³-hybridized carbons (Fsp3) is 0.375. The SMILES string of the molecule is NC[C@H]1CCC[C@H]1C(=O)Nc1nc(-c2cccc(Cl)c2)cs1. The van der Waals surface area contributed by atoms with Gasteiger partial charge < -0.3 is 11.1 Å². The number of rotatable bonds is 4. The van der Waals surface area contributed by atoms with Gasteiger partial charge in [-0.2, -0.15) is 0 Å². The van der Waals surface area contributed by atoms with E-state index in [9.17, 15) is 4.79 Å². The number of hydrogen-bond acceptors (Lipinski definition) is 4. The maximum Gasteiger partial charge on any atom is 0.229 e. The van der Waals surface area contributed by atoms with Gasteiger partial charge in [0.1, 0.15) is 0 Å². The first-order chi connectivity index (χ1) is 10.7. The molecule has 1 saturated carbocycles. The van der Waals surface area contributed by atoms with Crippen LogP contribution in [-0.2, 0) is 4.79 Å². The van der Waals surface area contributed by atoms with Gasteiger partial charge in [0.05, 0.1) is 5.69 Å². The summed E-state index contributed by atoms with van der Waals surface area (Å²) < 4.78 is 0. The predicted molar refractivity (Wildman–Crippen MR) is 91.1 cm³/mol. The second kappa shape index (κ2) is 6.77. The summed E-state index contributed by atoms with van der Waals surface area (Å²) in [6.07, 6.45) is 3.03. The Labute approximate surface area is 138 Å². The number of carbonyl (C=O) groups excluding carboxylic acids is 1. The Morgan fingerprint density at radius 1 is 1.45 bits per heavy atom. The maximum atomic E-state index is 12.4. The van der Waals surface area contributed by atoms with E-state index in [4.69, 9.17) is 17.3 Å². The van der Waals surface area contributed by atoms with Gasteiger partial charge in [0.2, 0.25) is 5.91 Å². The third-order valence-electron chi connectivity index (χ3n) is 4.15. The number of anilines is 1. The number of aromatic nitrogens is 1. The molecule has 1 fully saturated rings. The number of nitrogens with two attached hydrogens (primary N) is 1. The van der Waals surface area contributed by atoms with Gasteiger partial charge in [-0.3, -0.25) is 4.79 Å². The molecule has 1 heterocycles. The van der Waals surface area contributed by atoms with Crippen LogP contribution < -0.4 is 11.1 Å². The molecule has 2 aromatic rings. The number of amides is 1. The summed E-state index contributed by atoms with van der Waals surface area (Å²) >= 11 is 7.43. The van der Waals surface area contributed by atoms with Gasteiger partial charge in [-0.25, -0.2) is 4.98 Å². The molecule has 1 amide bonds. The van der Waals surface area contributed by atoms with Crippen LogP contribution in [-0.4, -0.2) is 17.4 Å². The highest BCUT2D eigenvalue weighted by atomic mass is 35.5. The van der Waals surface area contributed by atoms with Gasteiger partial charge in [0, 0.05) is 21.9 Å². The first-order valence-electron chi connectivity index (χ1n) is 7.40. The average Bonchev–Trinajstić information content (AvgIpc) is 3.15. The molecule has 0 spiro atoms. The zero-order valence-corrected chi connectivity index (χ0v) is 13.7. The highest BCUT2D eigenvalue weighted by molar-refractivity contribution is 7.14. The van der Waals surface area contributed by atoms with E-state index in [1.807, 2.05) is 29.6 Å². The third-order valence-corrected chi connectivity index (χ3v) is 5.15. The first-order valence-corrected chi connectivity index (χ1v) is 8.65. The maximum absolute atomic E-state index is 12.4. The van der Waals surface area contributed by atoms with E-state index in [2.05, 4.69) is 10.3 Å². The molecule has 3 N–H and O–H groups in total. The van der Waals surface area contributed by atoms with Crippen molar-refractivity contribution in [1.82, 2.24) is 4.98 Å². The highest BCUT2D eigenvalue weighted by Crippen LogP contribution is 2.33. The molecule has 116 valence electrons. The Hall–Kier alpha value is -1.43. The normalized spacial score (nSPS) is 21.0. The van der Waals surface area contributed by atoms with Crippen LogP contribution >= 0.6 is 22.9 Å². The number of nitrogens with one attached hydrogen (secondary N) is 1. The number of hydrogen-bond donors (Lipinski definition) is 2. The number of benzene rings is 1. The van der Waals surface area contributed by atoms with Gasteiger partial charge in [0.25, 0.3) is 0 Å². The monoisotopic (exact) mass is 335 g/mol. The topological polar surface area (TPSA) is 68.0 Å². The van der Waals surface area contributed by atoms with Gasteiger partial charge in [0.15, 0.2) is 5.13 Å². The lowest BCUT2D eigenvalue weighted by atomic mass is 9.95. The van der Waals surface area contributed by atoms with Gasteiger partial charge in [-0.1, -0.05) is 30.2 Å². The molecule has 4 nitrogen and oxygen atoms in total. The zero-order chi connectivity index (χ0) is 15.5. The number of nitrogens with zero attached hydrogens (tertiary/aromatic N) is 1. The molecular weight excluding hydrogens is 318 g/mol. The quantitative estimate of drug-likeness (QED) is 0.893. The molecule has 3 rings (SSSR count).